The van der Waals surface area contributed by atoms with Crippen molar-refractivity contribution >= 4 is 23.2 Å². The molecule has 3 N–H and O–H groups in total. The molecule has 18 heavy (non-hydrogen) atoms. The summed E-state index contributed by atoms with van der Waals surface area (Å²) < 4.78 is 0. The fourth-order valence-corrected chi connectivity index (χ4v) is 2.69. The highest BCUT2D eigenvalue weighted by atomic mass is 35.5. The summed E-state index contributed by atoms with van der Waals surface area (Å²) in [5.41, 5.74) is 6.57. The van der Waals surface area contributed by atoms with Crippen molar-refractivity contribution in [2.45, 2.75) is 32.1 Å². The van der Waals surface area contributed by atoms with Gasteiger partial charge in [0.05, 0.1) is 10.6 Å². The first-order chi connectivity index (χ1) is 8.66. The molecular formula is C14H19ClN2O. The van der Waals surface area contributed by atoms with Crippen molar-refractivity contribution in [3.8, 4) is 0 Å². The second-order valence-corrected chi connectivity index (χ2v) is 5.35. The maximum atomic E-state index is 11.2. The van der Waals surface area contributed by atoms with Crippen molar-refractivity contribution in [1.29, 1.82) is 0 Å². The molecule has 1 saturated carbocycles. The monoisotopic (exact) mass is 266 g/mol. The number of halogens is 1. The Morgan fingerprint density at radius 2 is 2.06 bits per heavy atom. The Labute approximate surface area is 113 Å². The minimum absolute atomic E-state index is 0.380. The van der Waals surface area contributed by atoms with E-state index in [0.29, 0.717) is 10.6 Å². The van der Waals surface area contributed by atoms with Crippen LogP contribution in [0.2, 0.25) is 5.02 Å². The molecule has 4 heteroatoms. The van der Waals surface area contributed by atoms with Crippen molar-refractivity contribution < 1.29 is 4.79 Å². The molecule has 0 aliphatic heterocycles. The van der Waals surface area contributed by atoms with Crippen LogP contribution >= 0.6 is 11.6 Å². The van der Waals surface area contributed by atoms with Crippen molar-refractivity contribution in [3.63, 3.8) is 0 Å². The first-order valence-electron chi connectivity index (χ1n) is 6.50. The predicted molar refractivity (Wildman–Crippen MR) is 75.0 cm³/mol. The van der Waals surface area contributed by atoms with Crippen LogP contribution in [-0.2, 0) is 0 Å². The molecule has 3 nitrogen and oxygen atoms in total. The van der Waals surface area contributed by atoms with E-state index >= 15 is 0 Å². The number of benzene rings is 1. The first kappa shape index (κ1) is 13.2. The number of rotatable bonds is 4. The van der Waals surface area contributed by atoms with E-state index in [1.165, 1.54) is 32.1 Å². The Bertz CT molecular complexity index is 428. The van der Waals surface area contributed by atoms with Crippen LogP contribution in [0.15, 0.2) is 18.2 Å². The quantitative estimate of drug-likeness (QED) is 0.877. The van der Waals surface area contributed by atoms with E-state index in [4.69, 9.17) is 17.3 Å². The van der Waals surface area contributed by atoms with Gasteiger partial charge in [0.1, 0.15) is 0 Å². The Morgan fingerprint density at radius 3 is 2.72 bits per heavy atom. The number of nitrogens with two attached hydrogens (primary N) is 1. The lowest BCUT2D eigenvalue weighted by Gasteiger charge is -2.22. The second kappa shape index (κ2) is 6.10. The van der Waals surface area contributed by atoms with Crippen LogP contribution in [0.1, 0.15) is 42.5 Å². The molecule has 0 bridgehead atoms. The molecule has 1 aliphatic rings. The zero-order chi connectivity index (χ0) is 13.0. The summed E-state index contributed by atoms with van der Waals surface area (Å²) in [7, 11) is 0. The SMILES string of the molecule is NC(=O)c1cc(NCC2CCCCC2)ccc1Cl. The molecule has 2 rings (SSSR count). The third-order valence-corrected chi connectivity index (χ3v) is 3.88. The van der Waals surface area contributed by atoms with Crippen LogP contribution < -0.4 is 11.1 Å². The van der Waals surface area contributed by atoms with Gasteiger partial charge >= 0.3 is 0 Å². The molecule has 0 saturated heterocycles. The highest BCUT2D eigenvalue weighted by Gasteiger charge is 2.13. The molecule has 0 aromatic heterocycles. The number of nitrogens with one attached hydrogen (secondary N) is 1. The van der Waals surface area contributed by atoms with E-state index in [2.05, 4.69) is 5.32 Å². The summed E-state index contributed by atoms with van der Waals surface area (Å²) in [6.07, 6.45) is 6.62. The van der Waals surface area contributed by atoms with Gasteiger partial charge in [0.25, 0.3) is 0 Å². The van der Waals surface area contributed by atoms with Gasteiger partial charge in [0.2, 0.25) is 5.91 Å². The van der Waals surface area contributed by atoms with Crippen molar-refractivity contribution in [3.05, 3.63) is 28.8 Å². The Kier molecular flexibility index (Phi) is 4.48. The summed E-state index contributed by atoms with van der Waals surface area (Å²) in [6.45, 7) is 0.958. The summed E-state index contributed by atoms with van der Waals surface area (Å²) in [6, 6.07) is 5.33. The highest BCUT2D eigenvalue weighted by molar-refractivity contribution is 6.33. The lowest BCUT2D eigenvalue weighted by Crippen LogP contribution is -2.17. The molecule has 0 atom stereocenters. The molecule has 1 aromatic carbocycles. The molecular weight excluding hydrogens is 248 g/mol. The number of amides is 1. The van der Waals surface area contributed by atoms with Crippen molar-refractivity contribution in [1.82, 2.24) is 0 Å². The second-order valence-electron chi connectivity index (χ2n) is 4.94. The van der Waals surface area contributed by atoms with Crippen LogP contribution in [0.3, 0.4) is 0 Å². The molecule has 1 amide bonds. The number of carbonyl (C=O) groups is 1. The van der Waals surface area contributed by atoms with Gasteiger partial charge in [-0.25, -0.2) is 0 Å². The lowest BCUT2D eigenvalue weighted by atomic mass is 9.89. The van der Waals surface area contributed by atoms with Gasteiger partial charge in [-0.1, -0.05) is 30.9 Å². The molecule has 0 spiro atoms. The van der Waals surface area contributed by atoms with E-state index in [1.54, 1.807) is 12.1 Å². The highest BCUT2D eigenvalue weighted by Crippen LogP contribution is 2.25. The van der Waals surface area contributed by atoms with Gasteiger partial charge in [-0.05, 0) is 37.0 Å². The summed E-state index contributed by atoms with van der Waals surface area (Å²) >= 11 is 5.91. The molecule has 1 aliphatic carbocycles. The van der Waals surface area contributed by atoms with Crippen LogP contribution in [0.5, 0.6) is 0 Å². The Morgan fingerprint density at radius 1 is 1.33 bits per heavy atom. The van der Waals surface area contributed by atoms with Gasteiger partial charge in [-0.2, -0.15) is 0 Å². The summed E-state index contributed by atoms with van der Waals surface area (Å²) in [5, 5.41) is 3.78. The Hall–Kier alpha value is -1.22. The standard InChI is InChI=1S/C14H19ClN2O/c15-13-7-6-11(8-12(13)14(16)18)17-9-10-4-2-1-3-5-10/h6-8,10,17H,1-5,9H2,(H2,16,18). The normalized spacial score (nSPS) is 16.5. The van der Waals surface area contributed by atoms with E-state index in [1.807, 2.05) is 6.07 Å². The topological polar surface area (TPSA) is 55.1 Å². The van der Waals surface area contributed by atoms with E-state index < -0.39 is 5.91 Å². The number of primary amides is 1. The maximum Gasteiger partial charge on any atom is 0.250 e. The first-order valence-corrected chi connectivity index (χ1v) is 6.88. The predicted octanol–water partition coefficient (Wildman–Crippen LogP) is 3.43. The van der Waals surface area contributed by atoms with Gasteiger partial charge in [-0.3, -0.25) is 4.79 Å². The number of carbonyl (C=O) groups excluding carboxylic acids is 1. The lowest BCUT2D eigenvalue weighted by molar-refractivity contribution is 0.100. The average molecular weight is 267 g/mol. The molecule has 1 aromatic rings. The molecule has 0 radical (unpaired) electrons. The van der Waals surface area contributed by atoms with Gasteiger partial charge < -0.3 is 11.1 Å². The van der Waals surface area contributed by atoms with E-state index in [0.717, 1.165) is 18.2 Å². The van der Waals surface area contributed by atoms with Gasteiger partial charge in [-0.15, -0.1) is 0 Å². The van der Waals surface area contributed by atoms with Crippen LogP contribution in [0, 0.1) is 5.92 Å². The summed E-state index contributed by atoms with van der Waals surface area (Å²) in [4.78, 5) is 11.2. The largest absolute Gasteiger partial charge is 0.385 e. The van der Waals surface area contributed by atoms with Gasteiger partial charge in [0.15, 0.2) is 0 Å². The number of anilines is 1. The number of hydrogen-bond acceptors (Lipinski definition) is 2. The van der Waals surface area contributed by atoms with E-state index in [9.17, 15) is 4.79 Å². The zero-order valence-electron chi connectivity index (χ0n) is 10.4. The third-order valence-electron chi connectivity index (χ3n) is 3.55. The van der Waals surface area contributed by atoms with E-state index in [-0.39, 0.29) is 0 Å². The molecule has 0 heterocycles. The van der Waals surface area contributed by atoms with Crippen LogP contribution in [-0.4, -0.2) is 12.5 Å². The fourth-order valence-electron chi connectivity index (χ4n) is 2.48. The minimum atomic E-state index is -0.485. The van der Waals surface area contributed by atoms with Crippen molar-refractivity contribution in [2.24, 2.45) is 11.7 Å². The fraction of sp³-hybridized carbons (Fsp3) is 0.500. The molecule has 1 fully saturated rings. The smallest absolute Gasteiger partial charge is 0.250 e. The summed E-state index contributed by atoms with van der Waals surface area (Å²) in [5.74, 6) is 0.257. The molecule has 98 valence electrons. The number of hydrogen-bond donors (Lipinski definition) is 2. The maximum absolute atomic E-state index is 11.2. The van der Waals surface area contributed by atoms with Gasteiger partial charge in [0, 0.05) is 12.2 Å². The van der Waals surface area contributed by atoms with Crippen LogP contribution in [0.4, 0.5) is 5.69 Å². The molecule has 0 unspecified atom stereocenters. The average Bonchev–Trinajstić information content (AvgIpc) is 2.38. The zero-order valence-corrected chi connectivity index (χ0v) is 11.2. The van der Waals surface area contributed by atoms with Crippen LogP contribution in [0.25, 0.3) is 0 Å². The third kappa shape index (κ3) is 3.39. The minimum Gasteiger partial charge on any atom is -0.385 e. The Balaban J connectivity index is 1.96. The van der Waals surface area contributed by atoms with Crippen molar-refractivity contribution in [2.75, 3.05) is 11.9 Å².